The van der Waals surface area contributed by atoms with Crippen LogP contribution in [0.2, 0.25) is 0 Å². The Kier molecular flexibility index (Phi) is 5.67. The highest BCUT2D eigenvalue weighted by atomic mass is 32.2. The second-order valence-corrected chi connectivity index (χ2v) is 5.10. The zero-order chi connectivity index (χ0) is 15.1. The molecule has 1 N–H and O–H groups in total. The van der Waals surface area contributed by atoms with Crippen LogP contribution in [0, 0.1) is 18.8 Å². The van der Waals surface area contributed by atoms with Crippen LogP contribution in [0.15, 0.2) is 27.8 Å². The lowest BCUT2D eigenvalue weighted by Gasteiger charge is -2.07. The van der Waals surface area contributed by atoms with Gasteiger partial charge in [0.1, 0.15) is 5.75 Å². The standard InChI is InChI=1S/C15H16N2O3S/c1-11-16-17-15(20-11)21-10-13-9-12(5-3-4-8-18)6-7-14(13)19-2/h6-7,9,18H,4,8,10H2,1-2H3. The largest absolute Gasteiger partial charge is 0.496 e. The summed E-state index contributed by atoms with van der Waals surface area (Å²) in [5, 5.41) is 17.0. The lowest BCUT2D eigenvalue weighted by Crippen LogP contribution is -1.92. The highest BCUT2D eigenvalue weighted by molar-refractivity contribution is 7.98. The molecular formula is C15H16N2O3S. The Morgan fingerprint density at radius 2 is 2.24 bits per heavy atom. The topological polar surface area (TPSA) is 68.4 Å². The van der Waals surface area contributed by atoms with Crippen molar-refractivity contribution in [1.29, 1.82) is 0 Å². The second-order valence-electron chi connectivity index (χ2n) is 4.18. The molecule has 2 aromatic rings. The first-order valence-electron chi connectivity index (χ1n) is 6.42. The number of aryl methyl sites for hydroxylation is 1. The minimum atomic E-state index is 0.0718. The van der Waals surface area contributed by atoms with Gasteiger partial charge in [-0.1, -0.05) is 23.6 Å². The van der Waals surface area contributed by atoms with E-state index >= 15 is 0 Å². The fraction of sp³-hybridized carbons (Fsp3) is 0.333. The van der Waals surface area contributed by atoms with E-state index in [0.717, 1.165) is 16.9 Å². The normalized spacial score (nSPS) is 10.0. The predicted molar refractivity (Wildman–Crippen MR) is 80.2 cm³/mol. The summed E-state index contributed by atoms with van der Waals surface area (Å²) in [6.07, 6.45) is 0.470. The molecule has 1 aromatic heterocycles. The molecule has 1 aromatic carbocycles. The number of aliphatic hydroxyl groups excluding tert-OH is 1. The van der Waals surface area contributed by atoms with Crippen LogP contribution in [0.25, 0.3) is 0 Å². The number of rotatable bonds is 5. The number of hydrogen-bond acceptors (Lipinski definition) is 6. The van der Waals surface area contributed by atoms with Gasteiger partial charge in [-0.15, -0.1) is 10.2 Å². The van der Waals surface area contributed by atoms with Crippen LogP contribution in [0.5, 0.6) is 5.75 Å². The average molecular weight is 304 g/mol. The van der Waals surface area contributed by atoms with Crippen LogP contribution >= 0.6 is 11.8 Å². The van der Waals surface area contributed by atoms with E-state index in [0.29, 0.717) is 23.3 Å². The molecule has 21 heavy (non-hydrogen) atoms. The van der Waals surface area contributed by atoms with Crippen LogP contribution in [0.4, 0.5) is 0 Å². The van der Waals surface area contributed by atoms with Gasteiger partial charge in [-0.05, 0) is 18.2 Å². The van der Waals surface area contributed by atoms with Gasteiger partial charge in [0.2, 0.25) is 5.89 Å². The molecule has 0 amide bonds. The van der Waals surface area contributed by atoms with E-state index in [2.05, 4.69) is 22.0 Å². The maximum atomic E-state index is 8.74. The monoisotopic (exact) mass is 304 g/mol. The summed E-state index contributed by atoms with van der Waals surface area (Å²) in [6.45, 7) is 1.83. The molecule has 5 nitrogen and oxygen atoms in total. The van der Waals surface area contributed by atoms with E-state index in [9.17, 15) is 0 Å². The maximum Gasteiger partial charge on any atom is 0.276 e. The quantitative estimate of drug-likeness (QED) is 0.676. The lowest BCUT2D eigenvalue weighted by atomic mass is 10.1. The van der Waals surface area contributed by atoms with Gasteiger partial charge in [0.15, 0.2) is 0 Å². The number of aromatic nitrogens is 2. The molecule has 0 saturated carbocycles. The van der Waals surface area contributed by atoms with Gasteiger partial charge >= 0.3 is 0 Å². The molecule has 0 aliphatic rings. The average Bonchev–Trinajstić information content (AvgIpc) is 2.91. The molecule has 0 unspecified atom stereocenters. The summed E-state index contributed by atoms with van der Waals surface area (Å²) in [5.74, 6) is 7.92. The van der Waals surface area contributed by atoms with Gasteiger partial charge in [-0.2, -0.15) is 0 Å². The number of thioether (sulfide) groups is 1. The summed E-state index contributed by atoms with van der Waals surface area (Å²) in [6, 6.07) is 5.76. The van der Waals surface area contributed by atoms with Crippen LogP contribution in [0.3, 0.4) is 0 Å². The minimum absolute atomic E-state index is 0.0718. The molecule has 0 fully saturated rings. The summed E-state index contributed by atoms with van der Waals surface area (Å²) in [4.78, 5) is 0. The number of methoxy groups -OCH3 is 1. The number of nitrogens with zero attached hydrogens (tertiary/aromatic N) is 2. The van der Waals surface area contributed by atoms with Gasteiger partial charge < -0.3 is 14.3 Å². The Labute approximate surface area is 127 Å². The Morgan fingerprint density at radius 1 is 1.38 bits per heavy atom. The first-order valence-corrected chi connectivity index (χ1v) is 7.41. The summed E-state index contributed by atoms with van der Waals surface area (Å²) in [5.41, 5.74) is 1.90. The third kappa shape index (κ3) is 4.52. The fourth-order valence-electron chi connectivity index (χ4n) is 1.67. The van der Waals surface area contributed by atoms with Gasteiger partial charge in [-0.3, -0.25) is 0 Å². The maximum absolute atomic E-state index is 8.74. The highest BCUT2D eigenvalue weighted by Crippen LogP contribution is 2.28. The summed E-state index contributed by atoms with van der Waals surface area (Å²) >= 11 is 1.45. The van der Waals surface area contributed by atoms with E-state index in [1.165, 1.54) is 11.8 Å². The zero-order valence-electron chi connectivity index (χ0n) is 11.9. The van der Waals surface area contributed by atoms with Crippen molar-refractivity contribution in [2.45, 2.75) is 24.3 Å². The smallest absolute Gasteiger partial charge is 0.276 e. The Hall–Kier alpha value is -1.97. The SMILES string of the molecule is COc1ccc(C#CCCO)cc1CSc1nnc(C)o1. The van der Waals surface area contributed by atoms with Crippen molar-refractivity contribution in [3.05, 3.63) is 35.2 Å². The molecule has 0 bridgehead atoms. The van der Waals surface area contributed by atoms with Crippen molar-refractivity contribution in [2.24, 2.45) is 0 Å². The summed E-state index contributed by atoms with van der Waals surface area (Å²) in [7, 11) is 1.64. The van der Waals surface area contributed by atoms with Crippen LogP contribution in [-0.4, -0.2) is 29.0 Å². The first kappa shape index (κ1) is 15.4. The Balaban J connectivity index is 2.12. The molecule has 0 radical (unpaired) electrons. The lowest BCUT2D eigenvalue weighted by molar-refractivity contribution is 0.305. The van der Waals surface area contributed by atoms with E-state index in [1.54, 1.807) is 14.0 Å². The molecule has 6 heteroatoms. The van der Waals surface area contributed by atoms with Crippen molar-refractivity contribution >= 4 is 11.8 Å². The third-order valence-corrected chi connectivity index (χ3v) is 3.48. The van der Waals surface area contributed by atoms with Gasteiger partial charge in [0, 0.05) is 30.2 Å². The molecule has 0 saturated heterocycles. The van der Waals surface area contributed by atoms with E-state index in [1.807, 2.05) is 18.2 Å². The van der Waals surface area contributed by atoms with Crippen molar-refractivity contribution in [2.75, 3.05) is 13.7 Å². The molecule has 0 spiro atoms. The van der Waals surface area contributed by atoms with Crippen molar-refractivity contribution < 1.29 is 14.3 Å². The number of aliphatic hydroxyl groups is 1. The third-order valence-electron chi connectivity index (χ3n) is 2.61. The Bertz CT molecular complexity index is 658. The van der Waals surface area contributed by atoms with Gasteiger partial charge in [-0.25, -0.2) is 0 Å². The van der Waals surface area contributed by atoms with Crippen molar-refractivity contribution in [3.63, 3.8) is 0 Å². The van der Waals surface area contributed by atoms with E-state index in [4.69, 9.17) is 14.3 Å². The molecular weight excluding hydrogens is 288 g/mol. The number of benzene rings is 1. The highest BCUT2D eigenvalue weighted by Gasteiger charge is 2.08. The fourth-order valence-corrected chi connectivity index (χ4v) is 2.45. The van der Waals surface area contributed by atoms with Crippen LogP contribution < -0.4 is 4.74 Å². The second kappa shape index (κ2) is 7.72. The molecule has 0 aliphatic carbocycles. The molecule has 1 heterocycles. The minimum Gasteiger partial charge on any atom is -0.496 e. The van der Waals surface area contributed by atoms with Gasteiger partial charge in [0.25, 0.3) is 5.22 Å². The Morgan fingerprint density at radius 3 is 2.90 bits per heavy atom. The first-order chi connectivity index (χ1) is 10.2. The number of hydrogen-bond donors (Lipinski definition) is 1. The predicted octanol–water partition coefficient (Wildman–Crippen LogP) is 2.41. The number of ether oxygens (including phenoxy) is 1. The van der Waals surface area contributed by atoms with Crippen LogP contribution in [0.1, 0.15) is 23.4 Å². The van der Waals surface area contributed by atoms with E-state index in [-0.39, 0.29) is 6.61 Å². The van der Waals surface area contributed by atoms with Crippen molar-refractivity contribution in [1.82, 2.24) is 10.2 Å². The van der Waals surface area contributed by atoms with Gasteiger partial charge in [0.05, 0.1) is 13.7 Å². The molecule has 0 aliphatic heterocycles. The zero-order valence-corrected chi connectivity index (χ0v) is 12.7. The van der Waals surface area contributed by atoms with Crippen LogP contribution in [-0.2, 0) is 5.75 Å². The molecule has 110 valence electrons. The molecule has 0 atom stereocenters. The molecule has 2 rings (SSSR count). The summed E-state index contributed by atoms with van der Waals surface area (Å²) < 4.78 is 10.7. The van der Waals surface area contributed by atoms with E-state index < -0.39 is 0 Å². The van der Waals surface area contributed by atoms with Crippen molar-refractivity contribution in [3.8, 4) is 17.6 Å².